The Morgan fingerprint density at radius 3 is 2.91 bits per heavy atom. The average Bonchev–Trinajstić information content (AvgIpc) is 2.55. The van der Waals surface area contributed by atoms with Gasteiger partial charge >= 0.3 is 0 Å². The lowest BCUT2D eigenvalue weighted by Crippen LogP contribution is -2.22. The van der Waals surface area contributed by atoms with E-state index in [2.05, 4.69) is 32.4 Å². The van der Waals surface area contributed by atoms with Crippen LogP contribution in [0.15, 0.2) is 24.5 Å². The highest BCUT2D eigenvalue weighted by atomic mass is 16.5. The van der Waals surface area contributed by atoms with Crippen LogP contribution in [0, 0.1) is 6.92 Å². The predicted molar refractivity (Wildman–Crippen MR) is 87.2 cm³/mol. The normalized spacial score (nSPS) is 12.0. The number of hydrogen-bond donors (Lipinski definition) is 2. The molecule has 0 saturated carbocycles. The fraction of sp³-hybridized carbons (Fsp3) is 0.500. The maximum Gasteiger partial charge on any atom is 0.180 e. The smallest absolute Gasteiger partial charge is 0.180 e. The van der Waals surface area contributed by atoms with E-state index in [1.807, 2.05) is 19.1 Å². The summed E-state index contributed by atoms with van der Waals surface area (Å²) in [5.41, 5.74) is 0.736. The highest BCUT2D eigenvalue weighted by molar-refractivity contribution is 5.49. The fourth-order valence-electron chi connectivity index (χ4n) is 2.22. The molecule has 2 aromatic rings. The van der Waals surface area contributed by atoms with Crippen LogP contribution in [0.3, 0.4) is 0 Å². The SMILES string of the molecule is CCC[C@@H](CCO)Nc1nc(C)ncc1OCc1cccnn1. The van der Waals surface area contributed by atoms with Gasteiger partial charge in [-0.1, -0.05) is 13.3 Å². The van der Waals surface area contributed by atoms with E-state index in [9.17, 15) is 5.11 Å². The molecule has 0 aliphatic carbocycles. The van der Waals surface area contributed by atoms with Gasteiger partial charge in [0.1, 0.15) is 18.1 Å². The topological polar surface area (TPSA) is 93.0 Å². The van der Waals surface area contributed by atoms with Crippen LogP contribution >= 0.6 is 0 Å². The number of aryl methyl sites for hydroxylation is 1. The van der Waals surface area contributed by atoms with Crippen molar-refractivity contribution in [2.75, 3.05) is 11.9 Å². The standard InChI is InChI=1S/C16H23N5O2/c1-3-5-13(7-9-22)20-16-15(10-17-12(2)19-16)23-11-14-6-4-8-18-21-14/h4,6,8,10,13,22H,3,5,7,9,11H2,1-2H3,(H,17,19,20)/t13-/m0/s1. The summed E-state index contributed by atoms with van der Waals surface area (Å²) in [5.74, 6) is 1.88. The molecule has 0 fully saturated rings. The Morgan fingerprint density at radius 1 is 1.35 bits per heavy atom. The predicted octanol–water partition coefficient (Wildman–Crippen LogP) is 2.12. The van der Waals surface area contributed by atoms with Gasteiger partial charge in [0.25, 0.3) is 0 Å². The van der Waals surface area contributed by atoms with Crippen LogP contribution in [0.4, 0.5) is 5.82 Å². The highest BCUT2D eigenvalue weighted by Crippen LogP contribution is 2.24. The summed E-state index contributed by atoms with van der Waals surface area (Å²) in [4.78, 5) is 8.61. The summed E-state index contributed by atoms with van der Waals surface area (Å²) < 4.78 is 5.78. The van der Waals surface area contributed by atoms with Crippen molar-refractivity contribution in [3.8, 4) is 5.75 Å². The summed E-state index contributed by atoms with van der Waals surface area (Å²) in [5, 5.41) is 20.4. The third-order valence-electron chi connectivity index (χ3n) is 3.33. The minimum absolute atomic E-state index is 0.136. The van der Waals surface area contributed by atoms with Gasteiger partial charge in [0, 0.05) is 18.8 Å². The zero-order chi connectivity index (χ0) is 16.5. The van der Waals surface area contributed by atoms with Gasteiger partial charge in [0.05, 0.1) is 6.20 Å². The molecule has 0 unspecified atom stereocenters. The van der Waals surface area contributed by atoms with Crippen LogP contribution in [0.1, 0.15) is 37.7 Å². The molecule has 124 valence electrons. The molecule has 2 aromatic heterocycles. The minimum atomic E-state index is 0.136. The Kier molecular flexibility index (Phi) is 6.68. The fourth-order valence-corrected chi connectivity index (χ4v) is 2.22. The number of aliphatic hydroxyl groups is 1. The van der Waals surface area contributed by atoms with Gasteiger partial charge in [0.15, 0.2) is 11.6 Å². The van der Waals surface area contributed by atoms with Crippen molar-refractivity contribution < 1.29 is 9.84 Å². The van der Waals surface area contributed by atoms with Crippen molar-refractivity contribution in [2.45, 2.75) is 45.8 Å². The Morgan fingerprint density at radius 2 is 2.22 bits per heavy atom. The molecule has 0 aliphatic rings. The number of nitrogens with one attached hydrogen (secondary N) is 1. The van der Waals surface area contributed by atoms with Crippen LogP contribution in [0.5, 0.6) is 5.75 Å². The molecule has 23 heavy (non-hydrogen) atoms. The largest absolute Gasteiger partial charge is 0.482 e. The monoisotopic (exact) mass is 317 g/mol. The van der Waals surface area contributed by atoms with E-state index in [0.29, 0.717) is 30.4 Å². The second-order valence-electron chi connectivity index (χ2n) is 5.28. The lowest BCUT2D eigenvalue weighted by Gasteiger charge is -2.19. The Labute approximate surface area is 136 Å². The summed E-state index contributed by atoms with van der Waals surface area (Å²) in [6.45, 7) is 4.38. The van der Waals surface area contributed by atoms with Crippen LogP contribution in [-0.2, 0) is 6.61 Å². The number of aromatic nitrogens is 4. The first-order valence-corrected chi connectivity index (χ1v) is 7.83. The van der Waals surface area contributed by atoms with E-state index in [0.717, 1.165) is 18.5 Å². The Bertz CT molecular complexity index is 588. The van der Waals surface area contributed by atoms with Gasteiger partial charge in [-0.15, -0.1) is 0 Å². The zero-order valence-corrected chi connectivity index (χ0v) is 13.6. The quantitative estimate of drug-likeness (QED) is 0.731. The van der Waals surface area contributed by atoms with Crippen molar-refractivity contribution in [1.29, 1.82) is 0 Å². The van der Waals surface area contributed by atoms with E-state index in [1.165, 1.54) is 0 Å². The van der Waals surface area contributed by atoms with E-state index >= 15 is 0 Å². The van der Waals surface area contributed by atoms with Crippen molar-refractivity contribution in [3.05, 3.63) is 36.0 Å². The van der Waals surface area contributed by atoms with E-state index in [1.54, 1.807) is 12.4 Å². The molecule has 2 heterocycles. The first-order chi connectivity index (χ1) is 11.2. The van der Waals surface area contributed by atoms with Crippen LogP contribution in [0.2, 0.25) is 0 Å². The maximum atomic E-state index is 9.20. The number of anilines is 1. The lowest BCUT2D eigenvalue weighted by molar-refractivity contribution is 0.275. The van der Waals surface area contributed by atoms with Gasteiger partial charge < -0.3 is 15.2 Å². The van der Waals surface area contributed by atoms with Gasteiger partial charge in [-0.25, -0.2) is 9.97 Å². The van der Waals surface area contributed by atoms with Gasteiger partial charge in [0.2, 0.25) is 0 Å². The molecule has 2 rings (SSSR count). The Balaban J connectivity index is 2.09. The summed E-state index contributed by atoms with van der Waals surface area (Å²) in [7, 11) is 0. The average molecular weight is 317 g/mol. The Hall–Kier alpha value is -2.28. The minimum Gasteiger partial charge on any atom is -0.482 e. The molecule has 0 saturated heterocycles. The molecule has 0 radical (unpaired) electrons. The molecule has 0 spiro atoms. The molecule has 0 aliphatic heterocycles. The van der Waals surface area contributed by atoms with Gasteiger partial charge in [-0.3, -0.25) is 0 Å². The molecule has 0 bridgehead atoms. The lowest BCUT2D eigenvalue weighted by atomic mass is 10.1. The molecule has 1 atom stereocenters. The second kappa shape index (κ2) is 8.99. The summed E-state index contributed by atoms with van der Waals surface area (Å²) in [6, 6.07) is 3.81. The molecular weight excluding hydrogens is 294 g/mol. The third kappa shape index (κ3) is 5.45. The van der Waals surface area contributed by atoms with Gasteiger partial charge in [-0.05, 0) is 31.9 Å². The van der Waals surface area contributed by atoms with E-state index < -0.39 is 0 Å². The van der Waals surface area contributed by atoms with Crippen molar-refractivity contribution in [2.24, 2.45) is 0 Å². The molecule has 7 heteroatoms. The number of ether oxygens (including phenoxy) is 1. The molecular formula is C16H23N5O2. The maximum absolute atomic E-state index is 9.20. The van der Waals surface area contributed by atoms with E-state index in [-0.39, 0.29) is 12.6 Å². The van der Waals surface area contributed by atoms with Crippen molar-refractivity contribution in [3.63, 3.8) is 0 Å². The summed E-state index contributed by atoms with van der Waals surface area (Å²) in [6.07, 6.45) is 5.92. The molecule has 0 amide bonds. The van der Waals surface area contributed by atoms with Crippen LogP contribution < -0.4 is 10.1 Å². The summed E-state index contributed by atoms with van der Waals surface area (Å²) >= 11 is 0. The second-order valence-corrected chi connectivity index (χ2v) is 5.28. The number of aliphatic hydroxyl groups excluding tert-OH is 1. The first kappa shape index (κ1) is 17.1. The molecule has 2 N–H and O–H groups in total. The van der Waals surface area contributed by atoms with E-state index in [4.69, 9.17) is 4.74 Å². The van der Waals surface area contributed by atoms with Crippen molar-refractivity contribution in [1.82, 2.24) is 20.2 Å². The third-order valence-corrected chi connectivity index (χ3v) is 3.33. The number of hydrogen-bond acceptors (Lipinski definition) is 7. The highest BCUT2D eigenvalue weighted by Gasteiger charge is 2.13. The first-order valence-electron chi connectivity index (χ1n) is 7.83. The zero-order valence-electron chi connectivity index (χ0n) is 13.6. The number of nitrogens with zero attached hydrogens (tertiary/aromatic N) is 4. The molecule has 7 nitrogen and oxygen atoms in total. The van der Waals surface area contributed by atoms with Crippen LogP contribution in [-0.4, -0.2) is 37.9 Å². The molecule has 0 aromatic carbocycles. The van der Waals surface area contributed by atoms with Gasteiger partial charge in [-0.2, -0.15) is 10.2 Å². The van der Waals surface area contributed by atoms with Crippen LogP contribution in [0.25, 0.3) is 0 Å². The number of rotatable bonds is 9. The van der Waals surface area contributed by atoms with Crippen molar-refractivity contribution >= 4 is 5.82 Å².